The second-order valence-electron chi connectivity index (χ2n) is 4.55. The number of amides is 2. The smallest absolute Gasteiger partial charge is 0.239 e. The molecule has 19 heavy (non-hydrogen) atoms. The van der Waals surface area contributed by atoms with Gasteiger partial charge < -0.3 is 21.2 Å². The molecule has 7 heteroatoms. The van der Waals surface area contributed by atoms with Gasteiger partial charge in [-0.2, -0.15) is 0 Å². The first-order valence-electron chi connectivity index (χ1n) is 6.41. The van der Waals surface area contributed by atoms with Crippen molar-refractivity contribution in [3.05, 3.63) is 0 Å². The normalized spacial score (nSPS) is 13.2. The van der Waals surface area contributed by atoms with Crippen LogP contribution in [0.25, 0.3) is 0 Å². The highest BCUT2D eigenvalue weighted by atomic mass is 16.4. The van der Waals surface area contributed by atoms with E-state index in [0.29, 0.717) is 13.1 Å². The Labute approximate surface area is 113 Å². The Hall–Kier alpha value is -1.79. The van der Waals surface area contributed by atoms with Crippen LogP contribution in [-0.2, 0) is 9.59 Å². The molecule has 7 nitrogen and oxygen atoms in total. The number of rotatable bonds is 7. The summed E-state index contributed by atoms with van der Waals surface area (Å²) in [4.78, 5) is 25.3. The number of carbonyl (C=O) groups is 2. The van der Waals surface area contributed by atoms with E-state index in [2.05, 4.69) is 10.5 Å². The Morgan fingerprint density at radius 1 is 1.37 bits per heavy atom. The van der Waals surface area contributed by atoms with E-state index in [1.807, 2.05) is 6.92 Å². The zero-order valence-electron chi connectivity index (χ0n) is 12.0. The average Bonchev–Trinajstić information content (AvgIpc) is 2.35. The predicted octanol–water partition coefficient (Wildman–Crippen LogP) is -0.0104. The number of oxime groups is 1. The molecule has 0 aliphatic rings. The monoisotopic (exact) mass is 272 g/mol. The Balaban J connectivity index is 4.93. The minimum Gasteiger partial charge on any atom is -0.409 e. The highest BCUT2D eigenvalue weighted by Crippen LogP contribution is 2.14. The lowest BCUT2D eigenvalue weighted by molar-refractivity contribution is -0.138. The highest BCUT2D eigenvalue weighted by molar-refractivity contribution is 6.03. The number of hydrogen-bond acceptors (Lipinski definition) is 4. The maximum absolute atomic E-state index is 12.3. The van der Waals surface area contributed by atoms with E-state index in [1.54, 1.807) is 20.8 Å². The zero-order valence-corrected chi connectivity index (χ0v) is 12.0. The van der Waals surface area contributed by atoms with Gasteiger partial charge in [-0.25, -0.2) is 0 Å². The van der Waals surface area contributed by atoms with Gasteiger partial charge in [-0.1, -0.05) is 19.0 Å². The van der Waals surface area contributed by atoms with Gasteiger partial charge in [-0.15, -0.1) is 0 Å². The van der Waals surface area contributed by atoms with Crippen LogP contribution in [-0.4, -0.2) is 47.4 Å². The number of nitrogens with two attached hydrogens (primary N) is 1. The van der Waals surface area contributed by atoms with E-state index in [1.165, 1.54) is 4.90 Å². The van der Waals surface area contributed by atoms with Crippen molar-refractivity contribution in [2.24, 2.45) is 22.7 Å². The Bertz CT molecular complexity index is 342. The van der Waals surface area contributed by atoms with Crippen LogP contribution >= 0.6 is 0 Å². The van der Waals surface area contributed by atoms with Crippen LogP contribution in [0.2, 0.25) is 0 Å². The van der Waals surface area contributed by atoms with Crippen LogP contribution in [0.15, 0.2) is 5.16 Å². The van der Waals surface area contributed by atoms with Crippen LogP contribution in [0, 0.1) is 11.8 Å². The Kier molecular flexibility index (Phi) is 7.55. The molecule has 0 bridgehead atoms. The summed E-state index contributed by atoms with van der Waals surface area (Å²) in [6.45, 7) is 8.08. The molecule has 0 saturated heterocycles. The molecular weight excluding hydrogens is 248 g/mol. The molecule has 0 aromatic rings. The van der Waals surface area contributed by atoms with Crippen molar-refractivity contribution >= 4 is 17.6 Å². The van der Waals surface area contributed by atoms with E-state index in [-0.39, 0.29) is 30.1 Å². The van der Waals surface area contributed by atoms with Crippen molar-refractivity contribution < 1.29 is 14.8 Å². The molecule has 1 atom stereocenters. The summed E-state index contributed by atoms with van der Waals surface area (Å²) in [5.41, 5.74) is 5.55. The van der Waals surface area contributed by atoms with Crippen LogP contribution in [0.5, 0.6) is 0 Å². The molecule has 0 radical (unpaired) electrons. The molecule has 0 heterocycles. The molecule has 0 aromatic heterocycles. The second-order valence-corrected chi connectivity index (χ2v) is 4.55. The van der Waals surface area contributed by atoms with Gasteiger partial charge in [0.25, 0.3) is 0 Å². The quantitative estimate of drug-likeness (QED) is 0.262. The molecule has 0 rings (SSSR count). The number of likely N-dealkylation sites (N-methyl/N-ethyl adjacent to an activating group) is 2. The van der Waals surface area contributed by atoms with Gasteiger partial charge in [0, 0.05) is 13.1 Å². The molecule has 0 aromatic carbocycles. The minimum absolute atomic E-state index is 0.0227. The molecule has 1 unspecified atom stereocenters. The molecule has 0 fully saturated rings. The fourth-order valence-corrected chi connectivity index (χ4v) is 1.78. The van der Waals surface area contributed by atoms with Crippen molar-refractivity contribution in [3.8, 4) is 0 Å². The topological polar surface area (TPSA) is 108 Å². The summed E-state index contributed by atoms with van der Waals surface area (Å²) < 4.78 is 0. The van der Waals surface area contributed by atoms with E-state index >= 15 is 0 Å². The number of hydrogen-bond donors (Lipinski definition) is 3. The van der Waals surface area contributed by atoms with Crippen molar-refractivity contribution in [1.82, 2.24) is 10.2 Å². The van der Waals surface area contributed by atoms with E-state index in [4.69, 9.17) is 10.9 Å². The first kappa shape index (κ1) is 17.2. The SMILES string of the molecule is CCNC(=O)CN(CC)C(=O)C(C(N)=NO)C(C)C. The lowest BCUT2D eigenvalue weighted by Gasteiger charge is -2.27. The standard InChI is InChI=1S/C12H24N4O3/c1-5-14-9(17)7-16(6-2)12(18)10(8(3)4)11(13)15-19/h8,10,19H,5-7H2,1-4H3,(H2,13,15)(H,14,17). The average molecular weight is 272 g/mol. The first-order valence-corrected chi connectivity index (χ1v) is 6.41. The van der Waals surface area contributed by atoms with Gasteiger partial charge in [0.15, 0.2) is 5.84 Å². The highest BCUT2D eigenvalue weighted by Gasteiger charge is 2.31. The molecule has 2 amide bonds. The van der Waals surface area contributed by atoms with E-state index < -0.39 is 5.92 Å². The molecule has 110 valence electrons. The van der Waals surface area contributed by atoms with Crippen LogP contribution < -0.4 is 11.1 Å². The third kappa shape index (κ3) is 5.15. The van der Waals surface area contributed by atoms with Crippen molar-refractivity contribution in [3.63, 3.8) is 0 Å². The second kappa shape index (κ2) is 8.34. The third-order valence-corrected chi connectivity index (χ3v) is 2.77. The lowest BCUT2D eigenvalue weighted by Crippen LogP contribution is -2.47. The van der Waals surface area contributed by atoms with E-state index in [9.17, 15) is 9.59 Å². The Morgan fingerprint density at radius 2 is 1.95 bits per heavy atom. The Morgan fingerprint density at radius 3 is 2.32 bits per heavy atom. The largest absolute Gasteiger partial charge is 0.409 e. The summed E-state index contributed by atoms with van der Waals surface area (Å²) in [5.74, 6) is -1.50. The molecule has 0 aliphatic heterocycles. The van der Waals surface area contributed by atoms with Crippen LogP contribution in [0.1, 0.15) is 27.7 Å². The molecule has 0 saturated carbocycles. The molecule has 0 aliphatic carbocycles. The van der Waals surface area contributed by atoms with E-state index in [0.717, 1.165) is 0 Å². The van der Waals surface area contributed by atoms with Crippen LogP contribution in [0.3, 0.4) is 0 Å². The van der Waals surface area contributed by atoms with Gasteiger partial charge in [-0.3, -0.25) is 9.59 Å². The van der Waals surface area contributed by atoms with Gasteiger partial charge >= 0.3 is 0 Å². The maximum Gasteiger partial charge on any atom is 0.239 e. The zero-order chi connectivity index (χ0) is 15.0. The van der Waals surface area contributed by atoms with Crippen molar-refractivity contribution in [2.45, 2.75) is 27.7 Å². The van der Waals surface area contributed by atoms with Crippen LogP contribution in [0.4, 0.5) is 0 Å². The molecular formula is C12H24N4O3. The maximum atomic E-state index is 12.3. The number of nitrogens with one attached hydrogen (secondary N) is 1. The summed E-state index contributed by atoms with van der Waals surface area (Å²) >= 11 is 0. The van der Waals surface area contributed by atoms with Gasteiger partial charge in [0.2, 0.25) is 11.8 Å². The first-order chi connectivity index (χ1) is 8.88. The predicted molar refractivity (Wildman–Crippen MR) is 72.7 cm³/mol. The molecule has 4 N–H and O–H groups in total. The van der Waals surface area contributed by atoms with Gasteiger partial charge in [0.05, 0.1) is 6.54 Å². The van der Waals surface area contributed by atoms with Crippen molar-refractivity contribution in [2.75, 3.05) is 19.6 Å². The minimum atomic E-state index is -0.723. The summed E-state index contributed by atoms with van der Waals surface area (Å²) in [6, 6.07) is 0. The number of nitrogens with zero attached hydrogens (tertiary/aromatic N) is 2. The van der Waals surface area contributed by atoms with Gasteiger partial charge in [0.1, 0.15) is 5.92 Å². The lowest BCUT2D eigenvalue weighted by atomic mass is 9.93. The van der Waals surface area contributed by atoms with Crippen molar-refractivity contribution in [1.29, 1.82) is 0 Å². The molecule has 0 spiro atoms. The fraction of sp³-hybridized carbons (Fsp3) is 0.750. The third-order valence-electron chi connectivity index (χ3n) is 2.77. The van der Waals surface area contributed by atoms with Gasteiger partial charge in [-0.05, 0) is 19.8 Å². The summed E-state index contributed by atoms with van der Waals surface area (Å²) in [7, 11) is 0. The number of amidine groups is 1. The summed E-state index contributed by atoms with van der Waals surface area (Å²) in [5, 5.41) is 14.3. The number of carbonyl (C=O) groups excluding carboxylic acids is 2. The fourth-order valence-electron chi connectivity index (χ4n) is 1.78. The summed E-state index contributed by atoms with van der Waals surface area (Å²) in [6.07, 6.45) is 0.